The molecule has 13 nitrogen and oxygen atoms in total. The first-order valence-corrected chi connectivity index (χ1v) is 17.5. The summed E-state index contributed by atoms with van der Waals surface area (Å²) in [6.07, 6.45) is -4.72. The topological polar surface area (TPSA) is 233 Å². The van der Waals surface area contributed by atoms with Gasteiger partial charge in [-0.25, -0.2) is 17.5 Å². The molecule has 0 aliphatic heterocycles. The third-order valence-electron chi connectivity index (χ3n) is 5.69. The molecule has 3 rings (SSSR count). The molecular weight excluding hydrogens is 695 g/mol. The van der Waals surface area contributed by atoms with Crippen molar-refractivity contribution < 1.29 is 70.8 Å². The lowest BCUT2D eigenvalue weighted by Crippen LogP contribution is -2.50. The molecule has 0 amide bonds. The van der Waals surface area contributed by atoms with Gasteiger partial charge < -0.3 is 40.3 Å². The normalized spacial score (nSPS) is 12.7. The lowest BCUT2D eigenvalue weighted by molar-refractivity contribution is -0.369. The molecule has 47 heavy (non-hydrogen) atoms. The van der Waals surface area contributed by atoms with Crippen molar-refractivity contribution in [2.24, 2.45) is 0 Å². The number of sulfonamides is 1. The molecule has 0 aliphatic rings. The van der Waals surface area contributed by atoms with E-state index in [-0.39, 0.29) is 15.5 Å². The molecule has 0 aliphatic carbocycles. The summed E-state index contributed by atoms with van der Waals surface area (Å²) in [6, 6.07) is 11.1. The number of thiophene rings is 1. The number of nitrogens with zero attached hydrogens (tertiary/aromatic N) is 1. The van der Waals surface area contributed by atoms with Gasteiger partial charge in [0.2, 0.25) is 0 Å². The molecule has 1 heterocycles. The van der Waals surface area contributed by atoms with E-state index in [9.17, 15) is 35.4 Å². The number of hydrogen-bond acceptors (Lipinski definition) is 11. The summed E-state index contributed by atoms with van der Waals surface area (Å²) in [7, 11) is -9.02. The Labute approximate surface area is 271 Å². The number of carboxylic acid groups (broad SMARTS) is 1. The van der Waals surface area contributed by atoms with Crippen LogP contribution in [0.15, 0.2) is 46.7 Å². The molecular formula is C27H31F4N4O9PS2. The number of quaternary nitrogens is 2. The summed E-state index contributed by atoms with van der Waals surface area (Å²) in [6.45, 7) is 4.23. The highest BCUT2D eigenvalue weighted by molar-refractivity contribution is 7.92. The molecule has 20 heteroatoms. The van der Waals surface area contributed by atoms with Crippen LogP contribution in [0.5, 0.6) is 17.2 Å². The van der Waals surface area contributed by atoms with E-state index in [1.165, 1.54) is 6.07 Å². The minimum absolute atomic E-state index is 0.110. The van der Waals surface area contributed by atoms with E-state index in [4.69, 9.17) is 29.2 Å². The number of benzene rings is 2. The maximum atomic E-state index is 13.8. The highest BCUT2D eigenvalue weighted by Crippen LogP contribution is 2.41. The summed E-state index contributed by atoms with van der Waals surface area (Å²) in [5.41, 5.74) is 8.91. The molecule has 7 N–H and O–H groups in total. The summed E-state index contributed by atoms with van der Waals surface area (Å²) in [5.74, 6) is -3.24. The Bertz CT molecular complexity index is 1730. The summed E-state index contributed by atoms with van der Waals surface area (Å²) < 4.78 is 102. The third kappa shape index (κ3) is 12.4. The zero-order valence-electron chi connectivity index (χ0n) is 24.8. The van der Waals surface area contributed by atoms with Gasteiger partial charge in [-0.2, -0.15) is 18.4 Å². The van der Waals surface area contributed by atoms with Crippen LogP contribution < -0.4 is 40.2 Å². The number of nitrogens with one attached hydrogen (secondary N) is 1. The van der Waals surface area contributed by atoms with E-state index in [0.717, 1.165) is 60.0 Å². The zero-order chi connectivity index (χ0) is 35.4. The molecule has 2 aromatic carbocycles. The second-order valence-corrected chi connectivity index (χ2v) is 14.2. The van der Waals surface area contributed by atoms with Gasteiger partial charge in [-0.1, -0.05) is 0 Å². The van der Waals surface area contributed by atoms with Crippen LogP contribution in [-0.4, -0.2) is 53.2 Å². The van der Waals surface area contributed by atoms with Crippen LogP contribution in [0.1, 0.15) is 24.0 Å². The maximum absolute atomic E-state index is 13.8. The van der Waals surface area contributed by atoms with Crippen molar-refractivity contribution in [3.8, 4) is 33.8 Å². The Morgan fingerprint density at radius 2 is 1.64 bits per heavy atom. The van der Waals surface area contributed by atoms with Crippen molar-refractivity contribution in [3.63, 3.8) is 0 Å². The number of rotatable bonds is 15. The van der Waals surface area contributed by atoms with Gasteiger partial charge >= 0.3 is 6.18 Å². The van der Waals surface area contributed by atoms with Crippen molar-refractivity contribution in [1.29, 1.82) is 5.26 Å². The lowest BCUT2D eigenvalue weighted by Gasteiger charge is -2.24. The number of halogens is 4. The lowest BCUT2D eigenvalue weighted by atomic mass is 10.1. The fourth-order valence-corrected chi connectivity index (χ4v) is 7.31. The Hall–Kier alpha value is -3.76. The van der Waals surface area contributed by atoms with E-state index in [1.54, 1.807) is 18.2 Å². The summed E-state index contributed by atoms with van der Waals surface area (Å²) >= 11 is 0.954. The molecule has 1 atom stereocenters. The summed E-state index contributed by atoms with van der Waals surface area (Å²) in [5, 5.41) is 17.6. The van der Waals surface area contributed by atoms with Gasteiger partial charge in [0.05, 0.1) is 38.2 Å². The van der Waals surface area contributed by atoms with Gasteiger partial charge in [0.1, 0.15) is 27.8 Å². The molecule has 0 bridgehead atoms. The van der Waals surface area contributed by atoms with Crippen LogP contribution in [0, 0.1) is 24.1 Å². The molecule has 258 valence electrons. The van der Waals surface area contributed by atoms with Crippen LogP contribution in [0.4, 0.5) is 17.6 Å². The van der Waals surface area contributed by atoms with Gasteiger partial charge in [0.25, 0.3) is 10.0 Å². The predicted octanol–water partition coefficient (Wildman–Crippen LogP) is 0.923. The van der Waals surface area contributed by atoms with Crippen molar-refractivity contribution >= 4 is 34.9 Å². The van der Waals surface area contributed by atoms with Crippen LogP contribution in [-0.2, 0) is 19.4 Å². The Balaban J connectivity index is 0.000000984. The second-order valence-electron chi connectivity index (χ2n) is 9.39. The number of aryl methyl sites for hydroxylation is 1. The Morgan fingerprint density at radius 3 is 2.15 bits per heavy atom. The molecule has 0 saturated carbocycles. The minimum Gasteiger partial charge on any atom is -0.768 e. The number of ether oxygens (including phenoxy) is 2. The van der Waals surface area contributed by atoms with E-state index in [1.807, 2.05) is 17.7 Å². The number of carboxylic acids is 1. The van der Waals surface area contributed by atoms with Crippen LogP contribution >= 0.6 is 18.9 Å². The minimum atomic E-state index is -5.19. The standard InChI is InChI=1S/C25H30FN4O7PS2.C2HF3O2/c1-17-12-22(35-10-2-8-27)23(36-11-3-9-28)14-20(17)24-6-7-25(39-24)40(33,34)30-16-38(31,32)37-19-5-4-18(15-29)21(26)13-19;3-2(4,5)1(6)7/h4-7,12-14,30H,2-3,8-11,16,27-28H2,1H3,(H,31,32);(H,6,7). The average molecular weight is 727 g/mol. The number of alkyl halides is 3. The van der Waals surface area contributed by atoms with Gasteiger partial charge in [-0.05, 0) is 54.4 Å². The number of carbonyl (C=O) groups excluding carboxylic acids is 1. The molecule has 0 fully saturated rings. The van der Waals surface area contributed by atoms with Crippen molar-refractivity contribution in [3.05, 3.63) is 59.4 Å². The van der Waals surface area contributed by atoms with Gasteiger partial charge in [-0.15, -0.1) is 11.3 Å². The Kier molecular flexibility index (Phi) is 14.6. The number of nitriles is 1. The average Bonchev–Trinajstić information content (AvgIpc) is 3.48. The molecule has 1 unspecified atom stereocenters. The SMILES string of the molecule is Cc1cc(OCCC[NH3+])c(OCCC[NH3+])cc1-c1ccc(S(=O)(=O)NCP(=O)([O-])Oc2ccc(C#N)c(F)c2)s1.O=C([O-])C(F)(F)F. The van der Waals surface area contributed by atoms with E-state index < -0.39 is 41.9 Å². The van der Waals surface area contributed by atoms with Crippen LogP contribution in [0.2, 0.25) is 0 Å². The molecule has 1 aromatic heterocycles. The predicted molar refractivity (Wildman–Crippen MR) is 156 cm³/mol. The van der Waals surface area contributed by atoms with Gasteiger partial charge in [0.15, 0.2) is 19.1 Å². The number of hydrogen-bond donors (Lipinski definition) is 3. The van der Waals surface area contributed by atoms with Gasteiger partial charge in [-0.3, -0.25) is 4.57 Å². The smallest absolute Gasteiger partial charge is 0.430 e. The quantitative estimate of drug-likeness (QED) is 0.114. The molecule has 0 radical (unpaired) electrons. The van der Waals surface area contributed by atoms with Crippen molar-refractivity contribution in [1.82, 2.24) is 4.72 Å². The van der Waals surface area contributed by atoms with Crippen molar-refractivity contribution in [2.45, 2.75) is 30.2 Å². The van der Waals surface area contributed by atoms with E-state index in [2.05, 4.69) is 11.5 Å². The van der Waals surface area contributed by atoms with E-state index in [0.29, 0.717) is 36.1 Å². The number of aliphatic carboxylic acids is 1. The molecule has 0 spiro atoms. The third-order valence-corrected chi connectivity index (χ3v) is 9.95. The Morgan fingerprint density at radius 1 is 1.06 bits per heavy atom. The highest BCUT2D eigenvalue weighted by Gasteiger charge is 2.29. The summed E-state index contributed by atoms with van der Waals surface area (Å²) in [4.78, 5) is 21.8. The second kappa shape index (κ2) is 17.4. The first kappa shape index (κ1) is 39.4. The van der Waals surface area contributed by atoms with Crippen LogP contribution in [0.25, 0.3) is 10.4 Å². The maximum Gasteiger partial charge on any atom is 0.430 e. The van der Waals surface area contributed by atoms with Crippen molar-refractivity contribution in [2.75, 3.05) is 32.6 Å². The monoisotopic (exact) mass is 726 g/mol. The molecule has 0 saturated heterocycles. The molecule has 3 aromatic rings. The highest BCUT2D eigenvalue weighted by atomic mass is 32.2. The number of carbonyl (C=O) groups is 1. The largest absolute Gasteiger partial charge is 0.768 e. The van der Waals surface area contributed by atoms with E-state index >= 15 is 0 Å². The van der Waals surface area contributed by atoms with Gasteiger partial charge in [0, 0.05) is 23.8 Å². The zero-order valence-corrected chi connectivity index (χ0v) is 27.3. The van der Waals surface area contributed by atoms with Crippen LogP contribution in [0.3, 0.4) is 0 Å². The fourth-order valence-electron chi connectivity index (χ4n) is 3.40. The first-order chi connectivity index (χ1) is 21.9. The first-order valence-electron chi connectivity index (χ1n) is 13.5. The fraction of sp³-hybridized carbons (Fsp3) is 0.333.